The number of hydrogen-bond acceptors (Lipinski definition) is 8. The molecule has 0 aliphatic rings. The van der Waals surface area contributed by atoms with Crippen LogP contribution in [0.4, 0.5) is 8.78 Å². The Morgan fingerprint density at radius 3 is 1.70 bits per heavy atom. The van der Waals surface area contributed by atoms with Crippen molar-refractivity contribution in [3.63, 3.8) is 0 Å². The summed E-state index contributed by atoms with van der Waals surface area (Å²) in [6.07, 6.45) is 10.9. The summed E-state index contributed by atoms with van der Waals surface area (Å²) in [5, 5.41) is 10.5. The van der Waals surface area contributed by atoms with Gasteiger partial charge in [0.1, 0.15) is 11.6 Å². The molecule has 0 fully saturated rings. The van der Waals surface area contributed by atoms with E-state index in [0.29, 0.717) is 17.2 Å². The third kappa shape index (κ3) is 6.42. The maximum absolute atomic E-state index is 13.6. The predicted octanol–water partition coefficient (Wildman–Crippen LogP) is 7.81. The van der Waals surface area contributed by atoms with Crippen molar-refractivity contribution in [3.8, 4) is 0 Å². The van der Waals surface area contributed by atoms with Gasteiger partial charge in [-0.05, 0) is 113 Å². The molecular formula is C38H32F2N10. The van der Waals surface area contributed by atoms with Crippen molar-refractivity contribution < 1.29 is 8.78 Å². The van der Waals surface area contributed by atoms with Crippen LogP contribution in [0.5, 0.6) is 0 Å². The second-order valence-corrected chi connectivity index (χ2v) is 12.1. The Labute approximate surface area is 286 Å². The quantitative estimate of drug-likeness (QED) is 0.187. The molecule has 6 heterocycles. The van der Waals surface area contributed by atoms with Crippen molar-refractivity contribution in [2.45, 2.75) is 41.5 Å². The molecule has 12 heteroatoms. The largest absolute Gasteiger partial charge is 0.256 e. The van der Waals surface area contributed by atoms with Gasteiger partial charge in [0.15, 0.2) is 22.9 Å². The van der Waals surface area contributed by atoms with E-state index in [9.17, 15) is 8.78 Å². The van der Waals surface area contributed by atoms with Gasteiger partial charge in [-0.25, -0.2) is 37.7 Å². The van der Waals surface area contributed by atoms with Crippen molar-refractivity contribution >= 4 is 57.4 Å². The average Bonchev–Trinajstić information content (AvgIpc) is 3.74. The third-order valence-corrected chi connectivity index (χ3v) is 8.22. The van der Waals surface area contributed by atoms with Gasteiger partial charge >= 0.3 is 0 Å². The molecule has 8 aromatic rings. The van der Waals surface area contributed by atoms with Crippen molar-refractivity contribution in [1.82, 2.24) is 49.1 Å². The molecule has 0 unspecified atom stereocenters. The average molecular weight is 667 g/mol. The van der Waals surface area contributed by atoms with E-state index in [4.69, 9.17) is 0 Å². The van der Waals surface area contributed by atoms with Crippen LogP contribution < -0.4 is 0 Å². The van der Waals surface area contributed by atoms with Gasteiger partial charge in [0, 0.05) is 23.2 Å². The number of fused-ring (bicyclic) bond motifs is 4. The van der Waals surface area contributed by atoms with E-state index in [1.165, 1.54) is 18.2 Å². The van der Waals surface area contributed by atoms with E-state index < -0.39 is 0 Å². The zero-order chi connectivity index (χ0) is 35.1. The molecule has 0 spiro atoms. The second kappa shape index (κ2) is 13.0. The zero-order valence-corrected chi connectivity index (χ0v) is 28.3. The van der Waals surface area contributed by atoms with Gasteiger partial charge in [0.25, 0.3) is 0 Å². The maximum Gasteiger partial charge on any atom is 0.177 e. The highest BCUT2D eigenvalue weighted by atomic mass is 19.1. The van der Waals surface area contributed by atoms with Gasteiger partial charge in [-0.2, -0.15) is 0 Å². The summed E-state index contributed by atoms with van der Waals surface area (Å²) in [6.45, 7) is 11.3. The number of nitrogens with zero attached hydrogens (tertiary/aromatic N) is 10. The van der Waals surface area contributed by atoms with Crippen LogP contribution in [0.3, 0.4) is 0 Å². The molecular weight excluding hydrogens is 634 g/mol. The summed E-state index contributed by atoms with van der Waals surface area (Å²) in [4.78, 5) is 26.7. The van der Waals surface area contributed by atoms with Crippen LogP contribution in [0.15, 0.2) is 60.9 Å². The Bertz CT molecular complexity index is 2580. The Kier molecular flexibility index (Phi) is 8.36. The monoisotopic (exact) mass is 666 g/mol. The van der Waals surface area contributed by atoms with Crippen LogP contribution in [0.1, 0.15) is 56.9 Å². The number of aryl methyl sites for hydroxylation is 6. The first-order chi connectivity index (χ1) is 24.0. The van der Waals surface area contributed by atoms with Gasteiger partial charge in [-0.15, -0.1) is 10.2 Å². The molecule has 0 N–H and O–H groups in total. The molecule has 0 aliphatic heterocycles. The van der Waals surface area contributed by atoms with Crippen molar-refractivity contribution in [2.75, 3.05) is 0 Å². The Morgan fingerprint density at radius 1 is 0.560 bits per heavy atom. The minimum atomic E-state index is -0.247. The van der Waals surface area contributed by atoms with Crippen LogP contribution in [0, 0.1) is 53.2 Å². The van der Waals surface area contributed by atoms with E-state index in [1.54, 1.807) is 34.4 Å². The molecule has 0 atom stereocenters. The standard InChI is InChI=1S/2C19H16FN5/c1-11-8-15(20)9-14-4-5-16(22-18(11)14)6-7-17-23-19-13(3)21-10-12(2)25(19)24-17;1-11-8-17-14(9-16(11)20)4-5-15(22-17)6-7-18-23-19-13(3)21-10-12(2)25(19)24-18/h2*4-10H,1-3H3. The number of benzene rings is 2. The molecule has 2 aromatic carbocycles. The fourth-order valence-corrected chi connectivity index (χ4v) is 5.51. The normalized spacial score (nSPS) is 11.8. The number of hydrogen-bond donors (Lipinski definition) is 0. The minimum absolute atomic E-state index is 0.217. The topological polar surface area (TPSA) is 112 Å². The van der Waals surface area contributed by atoms with E-state index in [1.807, 2.05) is 83.2 Å². The minimum Gasteiger partial charge on any atom is -0.256 e. The summed E-state index contributed by atoms with van der Waals surface area (Å²) in [6, 6.07) is 13.7. The molecule has 0 radical (unpaired) electrons. The fourth-order valence-electron chi connectivity index (χ4n) is 5.51. The lowest BCUT2D eigenvalue weighted by Crippen LogP contribution is -1.97. The molecule has 6 aromatic heterocycles. The molecule has 8 rings (SSSR count). The lowest BCUT2D eigenvalue weighted by molar-refractivity contribution is 0.620. The van der Waals surface area contributed by atoms with Crippen LogP contribution >= 0.6 is 0 Å². The lowest BCUT2D eigenvalue weighted by Gasteiger charge is -2.03. The van der Waals surface area contributed by atoms with Crippen LogP contribution in [-0.4, -0.2) is 49.1 Å². The predicted molar refractivity (Wildman–Crippen MR) is 191 cm³/mol. The van der Waals surface area contributed by atoms with E-state index in [-0.39, 0.29) is 11.6 Å². The van der Waals surface area contributed by atoms with Crippen LogP contribution in [-0.2, 0) is 0 Å². The van der Waals surface area contributed by atoms with Crippen molar-refractivity contribution in [2.24, 2.45) is 0 Å². The molecule has 50 heavy (non-hydrogen) atoms. The highest BCUT2D eigenvalue weighted by Crippen LogP contribution is 2.21. The molecule has 248 valence electrons. The summed E-state index contributed by atoms with van der Waals surface area (Å²) >= 11 is 0. The lowest BCUT2D eigenvalue weighted by atomic mass is 10.1. The number of rotatable bonds is 4. The van der Waals surface area contributed by atoms with Crippen molar-refractivity contribution in [3.05, 3.63) is 129 Å². The summed E-state index contributed by atoms with van der Waals surface area (Å²) in [5.74, 6) is 0.725. The van der Waals surface area contributed by atoms with Gasteiger partial charge in [-0.3, -0.25) is 9.97 Å². The van der Waals surface area contributed by atoms with E-state index in [0.717, 1.165) is 72.8 Å². The smallest absolute Gasteiger partial charge is 0.177 e. The number of halogens is 2. The van der Waals surface area contributed by atoms with Gasteiger partial charge in [0.2, 0.25) is 0 Å². The second-order valence-electron chi connectivity index (χ2n) is 12.1. The van der Waals surface area contributed by atoms with Gasteiger partial charge in [0.05, 0.1) is 45.2 Å². The summed E-state index contributed by atoms with van der Waals surface area (Å²) < 4.78 is 30.6. The molecule has 0 aliphatic carbocycles. The highest BCUT2D eigenvalue weighted by molar-refractivity contribution is 5.84. The van der Waals surface area contributed by atoms with Crippen LogP contribution in [0.2, 0.25) is 0 Å². The number of pyridine rings is 2. The first-order valence-electron chi connectivity index (χ1n) is 15.9. The first-order valence-corrected chi connectivity index (χ1v) is 15.9. The van der Waals surface area contributed by atoms with Crippen LogP contribution in [0.25, 0.3) is 57.4 Å². The maximum atomic E-state index is 13.6. The SMILES string of the molecule is Cc1cc(F)cc2ccc(C=Cc3nc4c(C)ncc(C)n4n3)nc12.Cc1cc2nc(C=Cc3nc4c(C)ncc(C)n4n3)ccc2cc1F. The zero-order valence-electron chi connectivity index (χ0n) is 28.3. The molecule has 0 bridgehead atoms. The molecule has 0 saturated heterocycles. The Morgan fingerprint density at radius 2 is 1.12 bits per heavy atom. The fraction of sp³-hybridized carbons (Fsp3) is 0.158. The number of aromatic nitrogens is 10. The van der Waals surface area contributed by atoms with E-state index in [2.05, 4.69) is 40.1 Å². The van der Waals surface area contributed by atoms with Crippen molar-refractivity contribution in [1.29, 1.82) is 0 Å². The van der Waals surface area contributed by atoms with Gasteiger partial charge in [-0.1, -0.05) is 12.1 Å². The molecule has 10 nitrogen and oxygen atoms in total. The Hall–Kier alpha value is -6.30. The third-order valence-electron chi connectivity index (χ3n) is 8.22. The van der Waals surface area contributed by atoms with Gasteiger partial charge < -0.3 is 0 Å². The molecule has 0 amide bonds. The van der Waals surface area contributed by atoms with E-state index >= 15 is 0 Å². The summed E-state index contributed by atoms with van der Waals surface area (Å²) in [5.41, 5.74) is 9.50. The summed E-state index contributed by atoms with van der Waals surface area (Å²) in [7, 11) is 0. The molecule has 0 saturated carbocycles. The Balaban J connectivity index is 0.000000157. The first kappa shape index (κ1) is 32.3. The highest BCUT2D eigenvalue weighted by Gasteiger charge is 2.09.